The molecule has 2 unspecified atom stereocenters. The molecule has 0 bridgehead atoms. The van der Waals surface area contributed by atoms with Gasteiger partial charge < -0.3 is 10.6 Å². The third-order valence-corrected chi connectivity index (χ3v) is 5.17. The fourth-order valence-corrected chi connectivity index (χ4v) is 3.46. The third-order valence-electron chi connectivity index (χ3n) is 5.17. The predicted molar refractivity (Wildman–Crippen MR) is 103 cm³/mol. The number of alkyl halides is 3. The van der Waals surface area contributed by atoms with E-state index in [2.05, 4.69) is 5.32 Å². The molecule has 0 spiro atoms. The van der Waals surface area contributed by atoms with Crippen LogP contribution in [0.4, 0.5) is 13.2 Å². The minimum absolute atomic E-state index is 0.0593. The van der Waals surface area contributed by atoms with E-state index in [1.807, 2.05) is 67.7 Å². The Labute approximate surface area is 167 Å². The lowest BCUT2D eigenvalue weighted by atomic mass is 9.89. The van der Waals surface area contributed by atoms with Gasteiger partial charge in [0.05, 0.1) is 5.92 Å². The zero-order valence-electron chi connectivity index (χ0n) is 16.2. The Kier molecular flexibility index (Phi) is 5.96. The van der Waals surface area contributed by atoms with Crippen molar-refractivity contribution in [3.8, 4) is 0 Å². The summed E-state index contributed by atoms with van der Waals surface area (Å²) in [7, 11) is 0. The molecule has 0 aromatic heterocycles. The molecule has 0 aliphatic carbocycles. The normalized spacial score (nSPS) is 19.7. The minimum Gasteiger partial charge on any atom is -0.343 e. The molecule has 4 nitrogen and oxygen atoms in total. The summed E-state index contributed by atoms with van der Waals surface area (Å²) in [6.07, 6.45) is -4.81. The second kappa shape index (κ2) is 8.27. The van der Waals surface area contributed by atoms with Gasteiger partial charge in [-0.3, -0.25) is 9.59 Å². The van der Waals surface area contributed by atoms with Gasteiger partial charge in [0.25, 0.3) is 0 Å². The quantitative estimate of drug-likeness (QED) is 0.815. The van der Waals surface area contributed by atoms with E-state index in [9.17, 15) is 22.8 Å². The first-order valence-corrected chi connectivity index (χ1v) is 9.46. The first kappa shape index (κ1) is 20.9. The first-order valence-electron chi connectivity index (χ1n) is 9.46. The van der Waals surface area contributed by atoms with Crippen molar-refractivity contribution in [3.05, 3.63) is 70.8 Å². The number of carbonyl (C=O) groups is 2. The zero-order chi connectivity index (χ0) is 21.2. The van der Waals surface area contributed by atoms with Gasteiger partial charge in [0.2, 0.25) is 11.8 Å². The molecule has 1 fully saturated rings. The van der Waals surface area contributed by atoms with Crippen molar-refractivity contribution in [2.24, 2.45) is 0 Å². The van der Waals surface area contributed by atoms with Gasteiger partial charge >= 0.3 is 6.18 Å². The van der Waals surface area contributed by atoms with Gasteiger partial charge in [0.1, 0.15) is 12.1 Å². The molecule has 7 heteroatoms. The number of aryl methyl sites for hydroxylation is 2. The molecule has 2 aromatic carbocycles. The highest BCUT2D eigenvalue weighted by Gasteiger charge is 2.44. The lowest BCUT2D eigenvalue weighted by Gasteiger charge is -2.31. The fourth-order valence-electron chi connectivity index (χ4n) is 3.46. The maximum atomic E-state index is 13.1. The van der Waals surface area contributed by atoms with E-state index < -0.39 is 36.0 Å². The Hall–Kier alpha value is -2.83. The second-order valence-corrected chi connectivity index (χ2v) is 7.50. The van der Waals surface area contributed by atoms with Crippen LogP contribution in [0, 0.1) is 13.8 Å². The molecular weight excluding hydrogens is 381 g/mol. The van der Waals surface area contributed by atoms with Gasteiger partial charge in [-0.25, -0.2) is 0 Å². The highest BCUT2D eigenvalue weighted by Crippen LogP contribution is 2.29. The van der Waals surface area contributed by atoms with Gasteiger partial charge in [0, 0.05) is 0 Å². The number of amides is 2. The summed E-state index contributed by atoms with van der Waals surface area (Å²) in [6.45, 7) is 3.88. The van der Waals surface area contributed by atoms with E-state index in [-0.39, 0.29) is 12.8 Å². The van der Waals surface area contributed by atoms with Crippen LogP contribution in [0.5, 0.6) is 0 Å². The molecule has 2 N–H and O–H groups in total. The van der Waals surface area contributed by atoms with Crippen LogP contribution in [0.3, 0.4) is 0 Å². The van der Waals surface area contributed by atoms with Crippen LogP contribution in [0.1, 0.15) is 41.0 Å². The Morgan fingerprint density at radius 2 is 1.45 bits per heavy atom. The molecule has 1 saturated heterocycles. The highest BCUT2D eigenvalue weighted by molar-refractivity contribution is 5.92. The predicted octanol–water partition coefficient (Wildman–Crippen LogP) is 3.76. The molecular formula is C22H23F3N2O2. The van der Waals surface area contributed by atoms with Crippen LogP contribution < -0.4 is 10.6 Å². The minimum atomic E-state index is -4.49. The molecule has 3 rings (SSSR count). The number of halogens is 3. The molecule has 29 heavy (non-hydrogen) atoms. The van der Waals surface area contributed by atoms with Gasteiger partial charge in [-0.1, -0.05) is 59.7 Å². The van der Waals surface area contributed by atoms with E-state index >= 15 is 0 Å². The summed E-state index contributed by atoms with van der Waals surface area (Å²) in [5.74, 6) is -1.88. The van der Waals surface area contributed by atoms with Crippen molar-refractivity contribution < 1.29 is 22.8 Å². The Morgan fingerprint density at radius 3 is 1.86 bits per heavy atom. The fraction of sp³-hybridized carbons (Fsp3) is 0.364. The Morgan fingerprint density at radius 1 is 0.966 bits per heavy atom. The molecule has 1 heterocycles. The second-order valence-electron chi connectivity index (χ2n) is 7.50. The lowest BCUT2D eigenvalue weighted by molar-refractivity contribution is -0.168. The van der Waals surface area contributed by atoms with E-state index in [1.54, 1.807) is 0 Å². The van der Waals surface area contributed by atoms with Crippen molar-refractivity contribution in [2.45, 2.75) is 50.9 Å². The average molecular weight is 404 g/mol. The molecule has 2 atom stereocenters. The standard InChI is InChI=1S/C22H23F3N2O2/c1-13-3-7-15(8-4-13)19(16-9-5-14(2)6-10-16)21(29)26-17-11-12-18(22(23,24)25)27-20(17)28/h3-10,17-19H,11-12H2,1-2H3,(H,26,29)(H,27,28). The van der Waals surface area contributed by atoms with Gasteiger partial charge in [-0.05, 0) is 37.8 Å². The lowest BCUT2D eigenvalue weighted by Crippen LogP contribution is -2.58. The Bertz CT molecular complexity index is 831. The summed E-state index contributed by atoms with van der Waals surface area (Å²) in [4.78, 5) is 25.2. The molecule has 154 valence electrons. The van der Waals surface area contributed by atoms with Crippen LogP contribution in [0.15, 0.2) is 48.5 Å². The number of hydrogen-bond acceptors (Lipinski definition) is 2. The molecule has 1 aliphatic rings. The molecule has 0 radical (unpaired) electrons. The summed E-state index contributed by atoms with van der Waals surface area (Å²) in [5, 5.41) is 4.62. The highest BCUT2D eigenvalue weighted by atomic mass is 19.4. The van der Waals surface area contributed by atoms with E-state index in [1.165, 1.54) is 0 Å². The van der Waals surface area contributed by atoms with Crippen molar-refractivity contribution in [1.29, 1.82) is 0 Å². The maximum absolute atomic E-state index is 13.1. The largest absolute Gasteiger partial charge is 0.408 e. The molecule has 2 aromatic rings. The first-order chi connectivity index (χ1) is 13.6. The summed E-state index contributed by atoms with van der Waals surface area (Å²) < 4.78 is 38.5. The summed E-state index contributed by atoms with van der Waals surface area (Å²) >= 11 is 0. The van der Waals surface area contributed by atoms with Crippen LogP contribution in [0.25, 0.3) is 0 Å². The number of nitrogens with one attached hydrogen (secondary N) is 2. The molecule has 1 aliphatic heterocycles. The molecule has 2 amide bonds. The van der Waals surface area contributed by atoms with Gasteiger partial charge in [0.15, 0.2) is 0 Å². The third kappa shape index (κ3) is 4.96. The topological polar surface area (TPSA) is 58.2 Å². The number of piperidine rings is 1. The van der Waals surface area contributed by atoms with Gasteiger partial charge in [-0.2, -0.15) is 13.2 Å². The average Bonchev–Trinajstić information content (AvgIpc) is 2.66. The number of rotatable bonds is 4. The smallest absolute Gasteiger partial charge is 0.343 e. The van der Waals surface area contributed by atoms with E-state index in [0.29, 0.717) is 0 Å². The molecule has 0 saturated carbocycles. The number of benzene rings is 2. The summed E-state index contributed by atoms with van der Waals surface area (Å²) in [5.41, 5.74) is 3.59. The monoisotopic (exact) mass is 404 g/mol. The zero-order valence-corrected chi connectivity index (χ0v) is 16.2. The van der Waals surface area contributed by atoms with Crippen molar-refractivity contribution in [1.82, 2.24) is 10.6 Å². The van der Waals surface area contributed by atoms with Crippen LogP contribution >= 0.6 is 0 Å². The van der Waals surface area contributed by atoms with Crippen molar-refractivity contribution in [3.63, 3.8) is 0 Å². The van der Waals surface area contributed by atoms with Crippen LogP contribution in [-0.4, -0.2) is 30.1 Å². The maximum Gasteiger partial charge on any atom is 0.408 e. The SMILES string of the molecule is Cc1ccc(C(C(=O)NC2CCC(C(F)(F)F)NC2=O)c2ccc(C)cc2)cc1. The van der Waals surface area contributed by atoms with Crippen LogP contribution in [-0.2, 0) is 9.59 Å². The number of hydrogen-bond donors (Lipinski definition) is 2. The number of carbonyl (C=O) groups excluding carboxylic acids is 2. The Balaban J connectivity index is 1.81. The van der Waals surface area contributed by atoms with Gasteiger partial charge in [-0.15, -0.1) is 0 Å². The van der Waals surface area contributed by atoms with E-state index in [4.69, 9.17) is 0 Å². The van der Waals surface area contributed by atoms with Crippen LogP contribution in [0.2, 0.25) is 0 Å². The van der Waals surface area contributed by atoms with Crippen molar-refractivity contribution >= 4 is 11.8 Å². The van der Waals surface area contributed by atoms with E-state index in [0.717, 1.165) is 22.3 Å². The summed E-state index contributed by atoms with van der Waals surface area (Å²) in [6, 6.07) is 12.1. The van der Waals surface area contributed by atoms with Crippen molar-refractivity contribution in [2.75, 3.05) is 0 Å².